The molecule has 0 radical (unpaired) electrons. The van der Waals surface area contributed by atoms with Crippen molar-refractivity contribution in [3.8, 4) is 0 Å². The predicted octanol–water partition coefficient (Wildman–Crippen LogP) is 0.601. The van der Waals surface area contributed by atoms with Crippen LogP contribution in [0, 0.1) is 0 Å². The van der Waals surface area contributed by atoms with Gasteiger partial charge in [-0.15, -0.1) is 0 Å². The fourth-order valence-corrected chi connectivity index (χ4v) is 3.71. The van der Waals surface area contributed by atoms with Crippen molar-refractivity contribution in [2.45, 2.75) is 147 Å². The van der Waals surface area contributed by atoms with E-state index in [0.717, 1.165) is 12.8 Å². The van der Waals surface area contributed by atoms with E-state index in [2.05, 4.69) is 23.2 Å². The third-order valence-corrected chi connectivity index (χ3v) is 6.32. The van der Waals surface area contributed by atoms with Crippen molar-refractivity contribution in [1.29, 1.82) is 0 Å². The minimum Gasteiger partial charge on any atom is -0.548 e. The molecule has 8 N–H and O–H groups in total. The topological polar surface area (TPSA) is 236 Å². The molecule has 0 fully saturated rings. The molecule has 0 bridgehead atoms. The van der Waals surface area contributed by atoms with E-state index in [1.807, 2.05) is 0 Å². The Balaban J connectivity index is -0.000000573. The smallest absolute Gasteiger partial charge is 0.217 e. The van der Waals surface area contributed by atoms with Crippen LogP contribution in [0.1, 0.15) is 135 Å². The molecule has 2 amide bonds. The molecule has 0 saturated carbocycles. The van der Waals surface area contributed by atoms with E-state index in [1.54, 1.807) is 0 Å². The number of rotatable bonds is 24. The maximum absolute atomic E-state index is 10.7. The molecule has 40 heavy (non-hydrogen) atoms. The fourth-order valence-electron chi connectivity index (χ4n) is 3.50. The van der Waals surface area contributed by atoms with Gasteiger partial charge < -0.3 is 42.7 Å². The van der Waals surface area contributed by atoms with Gasteiger partial charge in [-0.1, -0.05) is 39.0 Å². The fraction of sp³-hybridized carbons (Fsp3) is 0.821. The summed E-state index contributed by atoms with van der Waals surface area (Å²) >= 11 is 2.27. The average Bonchev–Trinajstić information content (AvgIpc) is 2.88. The van der Waals surface area contributed by atoms with Gasteiger partial charge in [-0.25, -0.2) is 0 Å². The van der Waals surface area contributed by atoms with Gasteiger partial charge in [-0.3, -0.25) is 9.59 Å². The third kappa shape index (κ3) is 40.5. The van der Waals surface area contributed by atoms with Crippen LogP contribution in [0.25, 0.3) is 0 Å². The molecule has 0 aromatic rings. The van der Waals surface area contributed by atoms with E-state index in [9.17, 15) is 34.2 Å². The van der Waals surface area contributed by atoms with Gasteiger partial charge in [-0.05, 0) is 12.8 Å². The molecule has 0 spiro atoms. The van der Waals surface area contributed by atoms with Crippen molar-refractivity contribution in [2.24, 2.45) is 22.9 Å². The maximum atomic E-state index is 10.7. The van der Waals surface area contributed by atoms with Crippen molar-refractivity contribution in [1.82, 2.24) is 0 Å². The van der Waals surface area contributed by atoms with Crippen LogP contribution in [0.4, 0.5) is 0 Å². The van der Waals surface area contributed by atoms with E-state index in [0.29, 0.717) is 0 Å². The van der Waals surface area contributed by atoms with Gasteiger partial charge in [0.05, 0.1) is 11.9 Å². The van der Waals surface area contributed by atoms with Gasteiger partial charge in [-0.2, -0.15) is 0 Å². The largest absolute Gasteiger partial charge is 0.548 e. The number of carbonyl (C=O) groups is 5. The Morgan fingerprint density at radius 1 is 0.550 bits per heavy atom. The Hall–Kier alpha value is -2.00. The first-order valence-electron chi connectivity index (χ1n) is 14.6. The first-order chi connectivity index (χ1) is 18.8. The zero-order chi connectivity index (χ0) is 31.2. The minimum absolute atomic E-state index is 0.0187. The number of amides is 2. The molecule has 0 aliphatic rings. The van der Waals surface area contributed by atoms with Crippen LogP contribution >= 0.6 is 0 Å². The Labute approximate surface area is 249 Å². The number of aliphatic carboxylic acids is 2. The van der Waals surface area contributed by atoms with E-state index < -0.39 is 35.8 Å². The van der Waals surface area contributed by atoms with Gasteiger partial charge in [0, 0.05) is 24.9 Å². The van der Waals surface area contributed by atoms with Crippen molar-refractivity contribution >= 4 is 44.7 Å². The Morgan fingerprint density at radius 3 is 1.05 bits per heavy atom. The first-order valence-corrected chi connectivity index (χ1v) is 15.2. The summed E-state index contributed by atoms with van der Waals surface area (Å²) < 4.78 is 0.264. The summed E-state index contributed by atoms with van der Waals surface area (Å²) in [5, 5.41) is 19.8. The van der Waals surface area contributed by atoms with Crippen molar-refractivity contribution in [3.63, 3.8) is 0 Å². The number of hydrogen-bond acceptors (Lipinski definition) is 9. The molecule has 0 aliphatic carbocycles. The number of unbranched alkanes of at least 4 members (excludes halogenated alkanes) is 14. The van der Waals surface area contributed by atoms with Crippen molar-refractivity contribution in [2.75, 3.05) is 0 Å². The molecule has 2 atom stereocenters. The summed E-state index contributed by atoms with van der Waals surface area (Å²) in [6, 6.07) is -2.18. The maximum Gasteiger partial charge on any atom is 0.217 e. The van der Waals surface area contributed by atoms with E-state index in [1.165, 1.54) is 89.9 Å². The second kappa shape index (κ2) is 31.5. The summed E-state index contributed by atoms with van der Waals surface area (Å²) in [7, 11) is 0. The Bertz CT molecular complexity index is 647. The van der Waals surface area contributed by atoms with Crippen molar-refractivity contribution in [3.05, 3.63) is 0 Å². The monoisotopic (exact) mass is 584 g/mol. The second-order valence-corrected chi connectivity index (χ2v) is 10.7. The van der Waals surface area contributed by atoms with Crippen LogP contribution in [0.15, 0.2) is 0 Å². The SMILES string of the molecule is CCCCCCCCCCCCCCCCC[C](=O)[Al+2].NC(=O)CC[C@H](N)C(=O)[O-].NC(=O)CC[C@H](N)C(=O)[O-]. The molecular weight excluding hydrogens is 531 g/mol. The zero-order valence-electron chi connectivity index (χ0n) is 24.5. The standard InChI is InChI=1S/C18H35O.2C5H10N2O3.Al/c1-2-3-4-5-6-7-8-9-10-11-12-13-14-15-16-17-18-19;2*6-3(5(9)10)1-2-4(7)8;/h2-17H2,1H3;2*3H,1-2,6H2,(H2,7,8)(H,9,10);/q;;;+2/p-2/t;2*3-;/m.00./s1. The molecule has 0 rings (SSSR count). The number of carboxylic acid groups (broad SMARTS) is 2. The molecular formula is C28H53AlN4O7. The molecule has 0 aromatic heterocycles. The Kier molecular flexibility index (Phi) is 33.5. The van der Waals surface area contributed by atoms with Crippen LogP contribution < -0.4 is 33.1 Å². The molecule has 230 valence electrons. The van der Waals surface area contributed by atoms with Crippen molar-refractivity contribution < 1.29 is 34.2 Å². The molecule has 0 aliphatic heterocycles. The quantitative estimate of drug-likeness (QED) is 0.0916. The van der Waals surface area contributed by atoms with Crippen LogP contribution in [0.2, 0.25) is 0 Å². The molecule has 0 aromatic carbocycles. The third-order valence-electron chi connectivity index (χ3n) is 6.04. The van der Waals surface area contributed by atoms with Gasteiger partial charge in [0.15, 0.2) is 0 Å². The summed E-state index contributed by atoms with van der Waals surface area (Å²) in [5.41, 5.74) is 19.5. The van der Waals surface area contributed by atoms with Crippen LogP contribution in [0.3, 0.4) is 0 Å². The summed E-state index contributed by atoms with van der Waals surface area (Å²) in [6.07, 6.45) is 21.5. The van der Waals surface area contributed by atoms with Crippen LogP contribution in [-0.2, 0) is 24.0 Å². The number of nitrogens with two attached hydrogens (primary N) is 4. The van der Waals surface area contributed by atoms with Crippen LogP contribution in [-0.4, -0.2) is 56.8 Å². The van der Waals surface area contributed by atoms with Crippen LogP contribution in [0.5, 0.6) is 0 Å². The predicted molar refractivity (Wildman–Crippen MR) is 153 cm³/mol. The number of carboxylic acids is 2. The molecule has 0 unspecified atom stereocenters. The van der Waals surface area contributed by atoms with E-state index >= 15 is 0 Å². The summed E-state index contributed by atoms with van der Waals surface area (Å²) in [4.78, 5) is 50.7. The molecule has 11 nitrogen and oxygen atoms in total. The van der Waals surface area contributed by atoms with E-state index in [-0.39, 0.29) is 30.3 Å². The number of primary amides is 2. The number of carbonyl (C=O) groups excluding carboxylic acids is 5. The normalized spacial score (nSPS) is 11.7. The van der Waals surface area contributed by atoms with Gasteiger partial charge in [0.2, 0.25) is 11.8 Å². The summed E-state index contributed by atoms with van der Waals surface area (Å²) in [5.74, 6) is -3.84. The van der Waals surface area contributed by atoms with E-state index in [4.69, 9.17) is 22.9 Å². The van der Waals surface area contributed by atoms with Gasteiger partial charge in [0.1, 0.15) is 0 Å². The molecule has 0 saturated heterocycles. The second-order valence-electron chi connectivity index (χ2n) is 10.0. The van der Waals surface area contributed by atoms with Gasteiger partial charge >= 0.3 is 96.4 Å². The molecule has 12 heteroatoms. The van der Waals surface area contributed by atoms with Gasteiger partial charge in [0.25, 0.3) is 0 Å². The molecule has 0 heterocycles. The minimum atomic E-state index is -1.36. The summed E-state index contributed by atoms with van der Waals surface area (Å²) in [6.45, 7) is 2.28. The Morgan fingerprint density at radius 2 is 0.825 bits per heavy atom. The average molecular weight is 585 g/mol. The first kappa shape index (κ1) is 42.5. The zero-order valence-corrected chi connectivity index (χ0v) is 25.7. The number of hydrogen-bond donors (Lipinski definition) is 4.